The number of hydrogen-bond donors (Lipinski definition) is 0. The van der Waals surface area contributed by atoms with Crippen LogP contribution in [-0.4, -0.2) is 17.7 Å². The Morgan fingerprint density at radius 3 is 2.03 bits per heavy atom. The SMILES string of the molecule is CC1(C)CC(=O)N(c2c(F)c(F)c(C(F)(F)F)c(F)c2F)C(CC(=O)c2ccccc2)C1. The number of anilines is 1. The first-order chi connectivity index (χ1) is 14.7. The average molecular weight is 461 g/mol. The van der Waals surface area contributed by atoms with E-state index in [1.54, 1.807) is 32.0 Å². The van der Waals surface area contributed by atoms with Crippen LogP contribution >= 0.6 is 0 Å². The van der Waals surface area contributed by atoms with E-state index in [0.717, 1.165) is 0 Å². The van der Waals surface area contributed by atoms with Crippen LogP contribution in [0.1, 0.15) is 49.0 Å². The van der Waals surface area contributed by atoms with Crippen LogP contribution in [0.5, 0.6) is 0 Å². The predicted octanol–water partition coefficient (Wildman–Crippen LogP) is 6.06. The van der Waals surface area contributed by atoms with Gasteiger partial charge in [-0.1, -0.05) is 44.2 Å². The fourth-order valence-electron chi connectivity index (χ4n) is 4.01. The summed E-state index contributed by atoms with van der Waals surface area (Å²) >= 11 is 0. The molecule has 2 aromatic carbocycles. The lowest BCUT2D eigenvalue weighted by Gasteiger charge is -2.43. The number of amides is 1. The molecule has 1 fully saturated rings. The molecule has 1 aliphatic rings. The molecule has 0 radical (unpaired) electrons. The number of carbonyl (C=O) groups is 2. The van der Waals surface area contributed by atoms with Crippen molar-refractivity contribution < 1.29 is 40.3 Å². The normalized spacial score (nSPS) is 18.7. The standard InChI is InChI=1S/C22H18F7NO2/c1-21(2)9-12(8-13(31)11-6-4-3-5-7-11)30(14(32)10-21)20-18(25)16(23)15(22(27,28)29)17(24)19(20)26/h3-7,12H,8-10H2,1-2H3. The van der Waals surface area contributed by atoms with E-state index in [1.807, 2.05) is 0 Å². The van der Waals surface area contributed by atoms with Gasteiger partial charge in [-0.2, -0.15) is 13.2 Å². The van der Waals surface area contributed by atoms with Gasteiger partial charge in [0.2, 0.25) is 5.91 Å². The first kappa shape index (κ1) is 23.7. The largest absolute Gasteiger partial charge is 0.422 e. The third-order valence-corrected chi connectivity index (χ3v) is 5.33. The van der Waals surface area contributed by atoms with Crippen LogP contribution in [0.2, 0.25) is 0 Å². The summed E-state index contributed by atoms with van der Waals surface area (Å²) < 4.78 is 96.4. The minimum atomic E-state index is -5.70. The maximum Gasteiger partial charge on any atom is 0.422 e. The van der Waals surface area contributed by atoms with E-state index in [2.05, 4.69) is 0 Å². The number of carbonyl (C=O) groups excluding carboxylic acids is 2. The summed E-state index contributed by atoms with van der Waals surface area (Å²) in [6.07, 6.45) is -6.44. The van der Waals surface area contributed by atoms with Crippen molar-refractivity contribution in [2.75, 3.05) is 4.90 Å². The molecular weight excluding hydrogens is 443 g/mol. The molecule has 0 spiro atoms. The number of hydrogen-bond acceptors (Lipinski definition) is 2. The minimum Gasteiger partial charge on any atom is -0.303 e. The van der Waals surface area contributed by atoms with Gasteiger partial charge in [-0.05, 0) is 11.8 Å². The molecule has 1 atom stereocenters. The summed E-state index contributed by atoms with van der Waals surface area (Å²) in [4.78, 5) is 25.8. The Hall–Kier alpha value is -2.91. The van der Waals surface area contributed by atoms with Gasteiger partial charge in [0.05, 0.1) is 0 Å². The fraction of sp³-hybridized carbons (Fsp3) is 0.364. The molecule has 0 aliphatic carbocycles. The zero-order chi connectivity index (χ0) is 24.0. The highest BCUT2D eigenvalue weighted by Gasteiger charge is 2.47. The lowest BCUT2D eigenvalue weighted by Crippen LogP contribution is -2.51. The van der Waals surface area contributed by atoms with Gasteiger partial charge in [0.25, 0.3) is 0 Å². The zero-order valence-electron chi connectivity index (χ0n) is 17.0. The van der Waals surface area contributed by atoms with E-state index in [1.165, 1.54) is 12.1 Å². The third kappa shape index (κ3) is 4.35. The highest BCUT2D eigenvalue weighted by molar-refractivity contribution is 6.00. The van der Waals surface area contributed by atoms with Crippen molar-refractivity contribution >= 4 is 17.4 Å². The monoisotopic (exact) mass is 461 g/mol. The van der Waals surface area contributed by atoms with Gasteiger partial charge in [0, 0.05) is 24.4 Å². The van der Waals surface area contributed by atoms with E-state index < -0.39 is 70.3 Å². The van der Waals surface area contributed by atoms with E-state index in [4.69, 9.17) is 0 Å². The first-order valence-electron chi connectivity index (χ1n) is 9.58. The maximum absolute atomic E-state index is 14.7. The number of alkyl halides is 3. The number of Topliss-reactive ketones (excluding diaryl/α,β-unsaturated/α-hetero) is 1. The van der Waals surface area contributed by atoms with E-state index in [-0.39, 0.29) is 18.4 Å². The Kier molecular flexibility index (Phi) is 6.10. The predicted molar refractivity (Wildman–Crippen MR) is 101 cm³/mol. The summed E-state index contributed by atoms with van der Waals surface area (Å²) in [5, 5.41) is 0. The van der Waals surface area contributed by atoms with Gasteiger partial charge in [0.15, 0.2) is 29.1 Å². The summed E-state index contributed by atoms with van der Waals surface area (Å²) in [6, 6.07) is 6.50. The van der Waals surface area contributed by atoms with Crippen molar-refractivity contribution in [2.45, 2.75) is 45.3 Å². The molecule has 1 saturated heterocycles. The fourth-order valence-corrected chi connectivity index (χ4v) is 4.01. The molecule has 32 heavy (non-hydrogen) atoms. The summed E-state index contributed by atoms with van der Waals surface area (Å²) in [5.41, 5.74) is -4.79. The molecule has 1 heterocycles. The van der Waals surface area contributed by atoms with Gasteiger partial charge in [-0.15, -0.1) is 0 Å². The molecule has 172 valence electrons. The van der Waals surface area contributed by atoms with Gasteiger partial charge < -0.3 is 4.90 Å². The van der Waals surface area contributed by atoms with Crippen LogP contribution in [-0.2, 0) is 11.0 Å². The van der Waals surface area contributed by atoms with Crippen LogP contribution in [0, 0.1) is 28.7 Å². The van der Waals surface area contributed by atoms with Crippen molar-refractivity contribution in [3.63, 3.8) is 0 Å². The Morgan fingerprint density at radius 1 is 1.00 bits per heavy atom. The average Bonchev–Trinajstić information content (AvgIpc) is 2.67. The zero-order valence-corrected chi connectivity index (χ0v) is 17.0. The molecule has 1 aliphatic heterocycles. The maximum atomic E-state index is 14.7. The Bertz CT molecular complexity index is 1040. The van der Waals surface area contributed by atoms with Gasteiger partial charge >= 0.3 is 6.18 Å². The number of rotatable bonds is 4. The summed E-state index contributed by atoms with van der Waals surface area (Å²) in [7, 11) is 0. The molecule has 10 heteroatoms. The molecule has 0 bridgehead atoms. The van der Waals surface area contributed by atoms with Crippen molar-refractivity contribution in [1.29, 1.82) is 0 Å². The highest BCUT2D eigenvalue weighted by Crippen LogP contribution is 2.44. The van der Waals surface area contributed by atoms with Gasteiger partial charge in [-0.25, -0.2) is 17.6 Å². The third-order valence-electron chi connectivity index (χ3n) is 5.33. The molecule has 0 N–H and O–H groups in total. The lowest BCUT2D eigenvalue weighted by atomic mass is 9.76. The number of piperidine rings is 1. The topological polar surface area (TPSA) is 37.4 Å². The molecule has 3 nitrogen and oxygen atoms in total. The Morgan fingerprint density at radius 2 is 1.53 bits per heavy atom. The Labute approximate surface area is 178 Å². The molecule has 0 saturated carbocycles. The van der Waals surface area contributed by atoms with E-state index in [9.17, 15) is 40.3 Å². The van der Waals surface area contributed by atoms with Gasteiger partial charge in [-0.3, -0.25) is 9.59 Å². The Balaban J connectivity index is 2.13. The lowest BCUT2D eigenvalue weighted by molar-refractivity contribution is -0.143. The highest BCUT2D eigenvalue weighted by atomic mass is 19.4. The van der Waals surface area contributed by atoms with Crippen molar-refractivity contribution in [2.24, 2.45) is 5.41 Å². The molecule has 3 rings (SSSR count). The van der Waals surface area contributed by atoms with Crippen molar-refractivity contribution in [3.8, 4) is 0 Å². The molecular formula is C22H18F7NO2. The second kappa shape index (κ2) is 8.22. The van der Waals surface area contributed by atoms with Crippen LogP contribution in [0.25, 0.3) is 0 Å². The van der Waals surface area contributed by atoms with E-state index in [0.29, 0.717) is 4.90 Å². The number of benzene rings is 2. The van der Waals surface area contributed by atoms with Crippen LogP contribution in [0.15, 0.2) is 30.3 Å². The molecule has 0 aromatic heterocycles. The molecule has 1 unspecified atom stereocenters. The van der Waals surface area contributed by atoms with Crippen molar-refractivity contribution in [3.05, 3.63) is 64.7 Å². The number of ketones is 1. The summed E-state index contributed by atoms with van der Waals surface area (Å²) in [6.45, 7) is 3.31. The second-order valence-corrected chi connectivity index (χ2v) is 8.43. The van der Waals surface area contributed by atoms with Gasteiger partial charge in [0.1, 0.15) is 11.3 Å². The summed E-state index contributed by atoms with van der Waals surface area (Å²) in [5.74, 6) is -11.5. The van der Waals surface area contributed by atoms with Crippen LogP contribution < -0.4 is 4.90 Å². The number of halogens is 7. The first-order valence-corrected chi connectivity index (χ1v) is 9.58. The molecule has 1 amide bonds. The van der Waals surface area contributed by atoms with Crippen LogP contribution in [0.3, 0.4) is 0 Å². The quantitative estimate of drug-likeness (QED) is 0.316. The smallest absolute Gasteiger partial charge is 0.303 e. The van der Waals surface area contributed by atoms with Crippen molar-refractivity contribution in [1.82, 2.24) is 0 Å². The second-order valence-electron chi connectivity index (χ2n) is 8.43. The van der Waals surface area contributed by atoms with Crippen LogP contribution in [0.4, 0.5) is 36.4 Å². The molecule has 2 aromatic rings. The van der Waals surface area contributed by atoms with E-state index >= 15 is 0 Å². The minimum absolute atomic E-state index is 0.0143. The number of nitrogens with zero attached hydrogens (tertiary/aromatic N) is 1.